The van der Waals surface area contributed by atoms with Crippen molar-refractivity contribution in [2.75, 3.05) is 0 Å². The quantitative estimate of drug-likeness (QED) is 0.216. The summed E-state index contributed by atoms with van der Waals surface area (Å²) in [5, 5.41) is 0. The minimum absolute atomic E-state index is 0.906. The third kappa shape index (κ3) is 9.26. The molecule has 314 valence electrons. The van der Waals surface area contributed by atoms with Crippen molar-refractivity contribution in [2.24, 2.45) is 82.9 Å². The summed E-state index contributed by atoms with van der Waals surface area (Å²) >= 11 is 0. The molecule has 6 atom stereocenters. The minimum Gasteiger partial charge on any atom is -0.0817 e. The molecule has 8 saturated carbocycles. The van der Waals surface area contributed by atoms with Crippen LogP contribution >= 0.6 is 0 Å². The zero-order valence-electron chi connectivity index (χ0n) is 37.3. The van der Waals surface area contributed by atoms with Crippen LogP contribution in [0, 0.1) is 82.9 Å². The van der Waals surface area contributed by atoms with E-state index in [1.165, 1.54) is 154 Å². The molecule has 56 heavy (non-hydrogen) atoms. The molecule has 0 heteroatoms. The molecule has 0 spiro atoms. The second kappa shape index (κ2) is 19.3. The van der Waals surface area contributed by atoms with Crippen LogP contribution in [0.3, 0.4) is 0 Å². The summed E-state index contributed by atoms with van der Waals surface area (Å²) < 4.78 is 0. The lowest BCUT2D eigenvalue weighted by molar-refractivity contribution is 0.0230. The van der Waals surface area contributed by atoms with E-state index < -0.39 is 0 Å². The van der Waals surface area contributed by atoms with Gasteiger partial charge in [0, 0.05) is 0 Å². The lowest BCUT2D eigenvalue weighted by Gasteiger charge is -2.53. The maximum Gasteiger partial charge on any atom is -0.0169 e. The molecule has 0 bridgehead atoms. The van der Waals surface area contributed by atoms with E-state index in [4.69, 9.17) is 0 Å². The molecule has 0 aromatic heterocycles. The molecule has 0 heterocycles. The molecule has 0 radical (unpaired) electrons. The van der Waals surface area contributed by atoms with Gasteiger partial charge in [0.1, 0.15) is 0 Å². The van der Waals surface area contributed by atoms with E-state index >= 15 is 0 Å². The Morgan fingerprint density at radius 2 is 0.607 bits per heavy atom. The van der Waals surface area contributed by atoms with Crippen molar-refractivity contribution in [2.45, 2.75) is 232 Å². The highest BCUT2D eigenvalue weighted by molar-refractivity contribution is 5.25. The molecular weight excluding hydrogens is 673 g/mol. The average Bonchev–Trinajstić information content (AvgIpc) is 3.28. The van der Waals surface area contributed by atoms with Gasteiger partial charge in [-0.25, -0.2) is 0 Å². The molecule has 9 rings (SSSR count). The summed E-state index contributed by atoms with van der Waals surface area (Å²) in [6, 6.07) is 0. The van der Waals surface area contributed by atoms with Gasteiger partial charge in [-0.2, -0.15) is 0 Å². The Kier molecular flexibility index (Phi) is 14.0. The summed E-state index contributed by atoms with van der Waals surface area (Å²) in [4.78, 5) is 0. The Morgan fingerprint density at radius 3 is 0.911 bits per heavy atom. The van der Waals surface area contributed by atoms with Crippen LogP contribution in [0.25, 0.3) is 0 Å². The van der Waals surface area contributed by atoms with E-state index in [1.54, 1.807) is 64.2 Å². The number of allylic oxidation sites excluding steroid dienone is 6. The van der Waals surface area contributed by atoms with E-state index in [0.717, 1.165) is 82.9 Å². The molecule has 6 unspecified atom stereocenters. The minimum atomic E-state index is 0.906. The van der Waals surface area contributed by atoms with Gasteiger partial charge in [-0.15, -0.1) is 0 Å². The number of fused-ring (bicyclic) bond motifs is 3. The van der Waals surface area contributed by atoms with Gasteiger partial charge in [0.25, 0.3) is 0 Å². The maximum absolute atomic E-state index is 2.96. The Balaban J connectivity index is 0.785. The van der Waals surface area contributed by atoms with Crippen LogP contribution in [0.1, 0.15) is 232 Å². The van der Waals surface area contributed by atoms with Gasteiger partial charge in [-0.05, 0) is 238 Å². The van der Waals surface area contributed by atoms with E-state index in [-0.39, 0.29) is 0 Å². The first kappa shape index (κ1) is 40.6. The number of hydrogen-bond acceptors (Lipinski definition) is 0. The van der Waals surface area contributed by atoms with Gasteiger partial charge in [0.15, 0.2) is 0 Å². The molecule has 0 aromatic carbocycles. The Hall–Kier alpha value is -0.780. The molecule has 9 aliphatic carbocycles. The molecule has 9 aliphatic rings. The maximum atomic E-state index is 2.96. The van der Waals surface area contributed by atoms with Crippen molar-refractivity contribution in [3.63, 3.8) is 0 Å². The van der Waals surface area contributed by atoms with Crippen LogP contribution in [-0.4, -0.2) is 0 Å². The van der Waals surface area contributed by atoms with Crippen LogP contribution in [-0.2, 0) is 0 Å². The molecule has 0 N–H and O–H groups in total. The van der Waals surface area contributed by atoms with Crippen LogP contribution in [0.2, 0.25) is 0 Å². The number of rotatable bonds is 8. The highest BCUT2D eigenvalue weighted by Gasteiger charge is 2.48. The zero-order chi connectivity index (χ0) is 37.8. The second-order valence-electron chi connectivity index (χ2n) is 23.1. The van der Waals surface area contributed by atoms with Crippen molar-refractivity contribution in [3.8, 4) is 0 Å². The lowest BCUT2D eigenvalue weighted by Crippen LogP contribution is -2.44. The monoisotopic (exact) mass is 763 g/mol. The topological polar surface area (TPSA) is 0 Å². The smallest absolute Gasteiger partial charge is 0.0169 e. The van der Waals surface area contributed by atoms with Crippen molar-refractivity contribution in [3.05, 3.63) is 34.4 Å². The predicted molar refractivity (Wildman–Crippen MR) is 240 cm³/mol. The van der Waals surface area contributed by atoms with E-state index in [9.17, 15) is 0 Å². The summed E-state index contributed by atoms with van der Waals surface area (Å²) in [6.07, 6.45) is 57.6. The van der Waals surface area contributed by atoms with Crippen molar-refractivity contribution in [1.29, 1.82) is 0 Å². The average molecular weight is 763 g/mol. The third-order valence-electron chi connectivity index (χ3n) is 20.3. The van der Waals surface area contributed by atoms with Gasteiger partial charge < -0.3 is 0 Å². The van der Waals surface area contributed by atoms with Gasteiger partial charge in [-0.1, -0.05) is 111 Å². The summed E-state index contributed by atoms with van der Waals surface area (Å²) in [6.45, 7) is 5.28. The Bertz CT molecular complexity index is 1180. The largest absolute Gasteiger partial charge is 0.0817 e. The van der Waals surface area contributed by atoms with E-state index in [0.29, 0.717) is 0 Å². The van der Waals surface area contributed by atoms with E-state index in [1.807, 2.05) is 22.3 Å². The predicted octanol–water partition coefficient (Wildman–Crippen LogP) is 17.2. The zero-order valence-corrected chi connectivity index (χ0v) is 37.3. The van der Waals surface area contributed by atoms with Crippen molar-refractivity contribution in [1.82, 2.24) is 0 Å². The first-order valence-corrected chi connectivity index (χ1v) is 26.7. The van der Waals surface area contributed by atoms with Gasteiger partial charge in [0.05, 0.1) is 0 Å². The van der Waals surface area contributed by atoms with Gasteiger partial charge >= 0.3 is 0 Å². The Morgan fingerprint density at radius 1 is 0.321 bits per heavy atom. The first-order valence-electron chi connectivity index (χ1n) is 26.7. The molecule has 0 nitrogen and oxygen atoms in total. The fraction of sp³-hybridized carbons (Fsp3) is 0.893. The van der Waals surface area contributed by atoms with Crippen LogP contribution in [0.15, 0.2) is 34.4 Å². The first-order chi connectivity index (χ1) is 27.6. The molecule has 0 saturated heterocycles. The highest BCUT2D eigenvalue weighted by Crippen LogP contribution is 2.58. The van der Waals surface area contributed by atoms with Crippen LogP contribution in [0.4, 0.5) is 0 Å². The molecular formula is C56H90. The van der Waals surface area contributed by atoms with Crippen LogP contribution in [0.5, 0.6) is 0 Å². The second-order valence-corrected chi connectivity index (χ2v) is 23.1. The van der Waals surface area contributed by atoms with Crippen molar-refractivity contribution < 1.29 is 0 Å². The number of hydrogen-bond donors (Lipinski definition) is 0. The van der Waals surface area contributed by atoms with E-state index in [2.05, 4.69) is 26.0 Å². The Labute approximate surface area is 348 Å². The van der Waals surface area contributed by atoms with Gasteiger partial charge in [-0.3, -0.25) is 0 Å². The molecule has 8 fully saturated rings. The fourth-order valence-corrected chi connectivity index (χ4v) is 17.0. The third-order valence-corrected chi connectivity index (χ3v) is 20.3. The van der Waals surface area contributed by atoms with Crippen LogP contribution < -0.4 is 0 Å². The standard InChI is InChI=1S/C56H90/c1-39-40(2)54-38-50(44-29-25-42(26-30-44)36-56(47-19-11-5-12-20-47)48-21-13-6-14-22-48)32-34-52(54)51-33-31-49(37-53(39)51)43-27-23-41(24-28-43)35-55(45-15-7-3-8-16-45)46-17-9-4-10-18-46/h35-36,41-54H,3-34,37-38H2,1-2H3. The summed E-state index contributed by atoms with van der Waals surface area (Å²) in [5.74, 6) is 13.6. The molecule has 0 aliphatic heterocycles. The highest BCUT2D eigenvalue weighted by atomic mass is 14.5. The summed E-state index contributed by atoms with van der Waals surface area (Å²) in [7, 11) is 0. The SMILES string of the molecule is CC1=C(C)C2CC(C3CCC(C=C(C4CCCCC4)C4CCCCC4)CC3)CCC2C2CCC(C3CCC(C=C(C4CCCCC4)C4CCCCC4)CC3)CC12. The summed E-state index contributed by atoms with van der Waals surface area (Å²) in [5.41, 5.74) is 7.78. The molecule has 0 amide bonds. The van der Waals surface area contributed by atoms with Crippen molar-refractivity contribution >= 4 is 0 Å². The molecule has 0 aromatic rings. The van der Waals surface area contributed by atoms with Gasteiger partial charge in [0.2, 0.25) is 0 Å². The lowest BCUT2D eigenvalue weighted by atomic mass is 9.52. The fourth-order valence-electron chi connectivity index (χ4n) is 17.0. The normalized spacial score (nSPS) is 40.0.